The number of aromatic nitrogens is 3. The second kappa shape index (κ2) is 7.62. The van der Waals surface area contributed by atoms with Crippen molar-refractivity contribution in [2.75, 3.05) is 25.6 Å². The highest BCUT2D eigenvalue weighted by molar-refractivity contribution is 5.44. The average molecular weight is 275 g/mol. The summed E-state index contributed by atoms with van der Waals surface area (Å²) in [5.41, 5.74) is 6.52. The van der Waals surface area contributed by atoms with Gasteiger partial charge in [-0.25, -0.2) is 9.67 Å². The molecule has 0 spiro atoms. The van der Waals surface area contributed by atoms with E-state index in [1.165, 1.54) is 0 Å². The van der Waals surface area contributed by atoms with Crippen LogP contribution < -0.4 is 11.1 Å². The van der Waals surface area contributed by atoms with E-state index < -0.39 is 0 Å². The Morgan fingerprint density at radius 3 is 2.95 bits per heavy atom. The number of nitrogens with one attached hydrogen (secondary N) is 1. The fourth-order valence-corrected chi connectivity index (χ4v) is 2.01. The van der Waals surface area contributed by atoms with Crippen molar-refractivity contribution in [1.29, 1.82) is 0 Å². The van der Waals surface area contributed by atoms with Gasteiger partial charge in [0.25, 0.3) is 0 Å². The molecule has 108 valence electrons. The van der Waals surface area contributed by atoms with Crippen LogP contribution in [0.5, 0.6) is 0 Å². The van der Waals surface area contributed by atoms with E-state index in [2.05, 4.69) is 15.4 Å². The van der Waals surface area contributed by atoms with Crippen LogP contribution in [0.1, 0.15) is 12.8 Å². The molecule has 0 bridgehead atoms. The number of pyridine rings is 1. The summed E-state index contributed by atoms with van der Waals surface area (Å²) in [6, 6.07) is 6.05. The highest BCUT2D eigenvalue weighted by Crippen LogP contribution is 2.12. The zero-order chi connectivity index (χ0) is 14.2. The quantitative estimate of drug-likeness (QED) is 0.762. The molecule has 2 aromatic rings. The monoisotopic (exact) mass is 275 g/mol. The van der Waals surface area contributed by atoms with E-state index in [1.807, 2.05) is 30.6 Å². The van der Waals surface area contributed by atoms with Gasteiger partial charge in [-0.3, -0.25) is 0 Å². The number of ether oxygens (including phenoxy) is 1. The zero-order valence-corrected chi connectivity index (χ0v) is 11.7. The molecule has 2 aromatic heterocycles. The van der Waals surface area contributed by atoms with Crippen molar-refractivity contribution in [3.05, 3.63) is 36.8 Å². The van der Waals surface area contributed by atoms with E-state index in [9.17, 15) is 0 Å². The van der Waals surface area contributed by atoms with Crippen molar-refractivity contribution in [3.63, 3.8) is 0 Å². The summed E-state index contributed by atoms with van der Waals surface area (Å²) in [5.74, 6) is 0.797. The average Bonchev–Trinajstić information content (AvgIpc) is 3.00. The molecule has 3 N–H and O–H groups in total. The summed E-state index contributed by atoms with van der Waals surface area (Å²) < 4.78 is 6.95. The molecule has 1 atom stereocenters. The first-order valence-electron chi connectivity index (χ1n) is 6.75. The molecule has 20 heavy (non-hydrogen) atoms. The molecule has 0 aliphatic rings. The highest BCUT2D eigenvalue weighted by atomic mass is 16.5. The molecule has 6 heteroatoms. The minimum absolute atomic E-state index is 0.251. The van der Waals surface area contributed by atoms with Crippen LogP contribution in [-0.4, -0.2) is 41.1 Å². The molecule has 0 aromatic carbocycles. The molecule has 2 heterocycles. The minimum Gasteiger partial charge on any atom is -0.383 e. The van der Waals surface area contributed by atoms with E-state index in [-0.39, 0.29) is 6.04 Å². The summed E-state index contributed by atoms with van der Waals surface area (Å²) in [5, 5.41) is 7.56. The number of anilines is 1. The van der Waals surface area contributed by atoms with Gasteiger partial charge in [0.15, 0.2) is 5.82 Å². The first-order valence-corrected chi connectivity index (χ1v) is 6.75. The highest BCUT2D eigenvalue weighted by Gasteiger charge is 2.08. The standard InChI is InChI=1S/C14H21N5O/c1-20-11-13(4-2-7-15)18-12-5-6-14(16-10-12)19-9-3-8-17-19/h3,5-6,8-10,13,18H,2,4,7,11,15H2,1H3. The number of nitrogens with zero attached hydrogens (tertiary/aromatic N) is 3. The Morgan fingerprint density at radius 2 is 2.35 bits per heavy atom. The Kier molecular flexibility index (Phi) is 5.52. The normalized spacial score (nSPS) is 12.3. The third-order valence-corrected chi connectivity index (χ3v) is 2.98. The maximum absolute atomic E-state index is 5.55. The maximum atomic E-state index is 5.55. The smallest absolute Gasteiger partial charge is 0.153 e. The molecule has 0 saturated heterocycles. The predicted octanol–water partition coefficient (Wildman–Crippen LogP) is 1.43. The predicted molar refractivity (Wildman–Crippen MR) is 78.9 cm³/mol. The Bertz CT molecular complexity index is 483. The number of hydrogen-bond donors (Lipinski definition) is 2. The van der Waals surface area contributed by atoms with Crippen molar-refractivity contribution in [2.45, 2.75) is 18.9 Å². The van der Waals surface area contributed by atoms with E-state index in [1.54, 1.807) is 18.0 Å². The fraction of sp³-hybridized carbons (Fsp3) is 0.429. The second-order valence-corrected chi connectivity index (χ2v) is 4.58. The molecule has 0 fully saturated rings. The third-order valence-electron chi connectivity index (χ3n) is 2.98. The molecule has 1 unspecified atom stereocenters. The SMILES string of the molecule is COCC(CCCN)Nc1ccc(-n2cccn2)nc1. The van der Waals surface area contributed by atoms with Crippen LogP contribution in [0, 0.1) is 0 Å². The van der Waals surface area contributed by atoms with E-state index >= 15 is 0 Å². The first kappa shape index (κ1) is 14.5. The number of methoxy groups -OCH3 is 1. The van der Waals surface area contributed by atoms with Crippen LogP contribution >= 0.6 is 0 Å². The molecule has 0 aliphatic carbocycles. The van der Waals surface area contributed by atoms with Crippen LogP contribution in [-0.2, 0) is 4.74 Å². The molecular weight excluding hydrogens is 254 g/mol. The Labute approximate surface area is 119 Å². The van der Waals surface area contributed by atoms with Gasteiger partial charge in [-0.2, -0.15) is 5.10 Å². The summed E-state index contributed by atoms with van der Waals surface area (Å²) in [7, 11) is 1.70. The van der Waals surface area contributed by atoms with E-state index in [0.29, 0.717) is 13.2 Å². The fourth-order valence-electron chi connectivity index (χ4n) is 2.01. The van der Waals surface area contributed by atoms with Crippen LogP contribution in [0.4, 0.5) is 5.69 Å². The molecule has 6 nitrogen and oxygen atoms in total. The van der Waals surface area contributed by atoms with Gasteiger partial charge in [-0.05, 0) is 37.6 Å². The number of hydrogen-bond acceptors (Lipinski definition) is 5. The molecule has 0 saturated carbocycles. The summed E-state index contributed by atoms with van der Waals surface area (Å²) in [6.07, 6.45) is 7.35. The summed E-state index contributed by atoms with van der Waals surface area (Å²) in [6.45, 7) is 1.35. The van der Waals surface area contributed by atoms with Crippen LogP contribution in [0.2, 0.25) is 0 Å². The zero-order valence-electron chi connectivity index (χ0n) is 11.7. The summed E-state index contributed by atoms with van der Waals surface area (Å²) in [4.78, 5) is 4.39. The van der Waals surface area contributed by atoms with Crippen molar-refractivity contribution in [2.24, 2.45) is 5.73 Å². The summed E-state index contributed by atoms with van der Waals surface area (Å²) >= 11 is 0. The maximum Gasteiger partial charge on any atom is 0.153 e. The number of rotatable bonds is 8. The molecule has 2 rings (SSSR count). The van der Waals surface area contributed by atoms with Gasteiger partial charge in [-0.1, -0.05) is 0 Å². The lowest BCUT2D eigenvalue weighted by atomic mass is 10.1. The van der Waals surface area contributed by atoms with Gasteiger partial charge in [0.1, 0.15) is 0 Å². The molecule has 0 amide bonds. The Balaban J connectivity index is 1.98. The van der Waals surface area contributed by atoms with Crippen molar-refractivity contribution >= 4 is 5.69 Å². The van der Waals surface area contributed by atoms with Gasteiger partial charge in [0.2, 0.25) is 0 Å². The van der Waals surface area contributed by atoms with Gasteiger partial charge in [0, 0.05) is 25.5 Å². The first-order chi connectivity index (χ1) is 9.83. The Morgan fingerprint density at radius 1 is 1.45 bits per heavy atom. The molecule has 0 radical (unpaired) electrons. The van der Waals surface area contributed by atoms with E-state index in [0.717, 1.165) is 24.3 Å². The lowest BCUT2D eigenvalue weighted by molar-refractivity contribution is 0.182. The lowest BCUT2D eigenvalue weighted by Gasteiger charge is -2.18. The lowest BCUT2D eigenvalue weighted by Crippen LogP contribution is -2.25. The minimum atomic E-state index is 0.251. The molecular formula is C14H21N5O. The van der Waals surface area contributed by atoms with E-state index in [4.69, 9.17) is 10.5 Å². The number of nitrogens with two attached hydrogens (primary N) is 1. The third kappa shape index (κ3) is 4.04. The van der Waals surface area contributed by atoms with Crippen molar-refractivity contribution in [1.82, 2.24) is 14.8 Å². The van der Waals surface area contributed by atoms with Gasteiger partial charge in [0.05, 0.1) is 18.5 Å². The van der Waals surface area contributed by atoms with Gasteiger partial charge < -0.3 is 15.8 Å². The Hall–Kier alpha value is -1.92. The van der Waals surface area contributed by atoms with Crippen molar-refractivity contribution in [3.8, 4) is 5.82 Å². The van der Waals surface area contributed by atoms with Gasteiger partial charge >= 0.3 is 0 Å². The largest absolute Gasteiger partial charge is 0.383 e. The second-order valence-electron chi connectivity index (χ2n) is 4.58. The topological polar surface area (TPSA) is 78.0 Å². The van der Waals surface area contributed by atoms with Crippen LogP contribution in [0.3, 0.4) is 0 Å². The molecule has 0 aliphatic heterocycles. The van der Waals surface area contributed by atoms with Gasteiger partial charge in [-0.15, -0.1) is 0 Å². The van der Waals surface area contributed by atoms with Crippen LogP contribution in [0.25, 0.3) is 5.82 Å². The van der Waals surface area contributed by atoms with Crippen LogP contribution in [0.15, 0.2) is 36.8 Å². The van der Waals surface area contributed by atoms with Crippen molar-refractivity contribution < 1.29 is 4.74 Å².